The molecule has 2 heterocycles. The molecule has 2 amide bonds. The van der Waals surface area contributed by atoms with Crippen molar-refractivity contribution in [1.29, 1.82) is 0 Å². The molecule has 3 saturated carbocycles. The lowest BCUT2D eigenvalue weighted by Crippen LogP contribution is -2.56. The quantitative estimate of drug-likeness (QED) is 0.241. The van der Waals surface area contributed by atoms with Crippen molar-refractivity contribution in [2.24, 2.45) is 40.4 Å². The third kappa shape index (κ3) is 5.90. The summed E-state index contributed by atoms with van der Waals surface area (Å²) in [6.45, 7) is 11.7. The van der Waals surface area contributed by atoms with E-state index in [4.69, 9.17) is 13.6 Å². The molecular weight excluding hydrogens is 664 g/mol. The van der Waals surface area contributed by atoms with Gasteiger partial charge in [-0.1, -0.05) is 32.4 Å². The monoisotopic (exact) mass is 712 g/mol. The number of nitrogens with one attached hydrogen (secondary N) is 2. The highest BCUT2D eigenvalue weighted by molar-refractivity contribution is 6.01. The molecule has 2 aromatic heterocycles. The molecular formula is C41H48N2O9. The number of allylic oxidation sites excluding steroid dienone is 4. The van der Waals surface area contributed by atoms with Crippen molar-refractivity contribution in [1.82, 2.24) is 10.6 Å². The Labute approximate surface area is 302 Å². The fraction of sp³-hybridized carbons (Fsp3) is 0.537. The fourth-order valence-electron chi connectivity index (χ4n) is 10.8. The Hall–Kier alpha value is -4.51. The summed E-state index contributed by atoms with van der Waals surface area (Å²) in [7, 11) is 0. The van der Waals surface area contributed by atoms with Gasteiger partial charge >= 0.3 is 11.7 Å². The van der Waals surface area contributed by atoms with Crippen LogP contribution in [-0.2, 0) is 25.7 Å². The Bertz CT molecular complexity index is 2120. The zero-order chi connectivity index (χ0) is 37.3. The van der Waals surface area contributed by atoms with Crippen molar-refractivity contribution in [2.75, 3.05) is 13.2 Å². The van der Waals surface area contributed by atoms with Gasteiger partial charge in [-0.3, -0.25) is 14.4 Å². The van der Waals surface area contributed by atoms with Crippen LogP contribution in [0.25, 0.3) is 21.9 Å². The number of aliphatic hydroxyl groups excluding tert-OH is 1. The highest BCUT2D eigenvalue weighted by atomic mass is 16.6. The molecule has 52 heavy (non-hydrogen) atoms. The van der Waals surface area contributed by atoms with Crippen LogP contribution >= 0.6 is 0 Å². The van der Waals surface area contributed by atoms with Gasteiger partial charge in [-0.05, 0) is 93.4 Å². The number of benzene rings is 1. The van der Waals surface area contributed by atoms with E-state index in [1.807, 2.05) is 32.9 Å². The second-order valence-electron chi connectivity index (χ2n) is 16.1. The molecule has 276 valence electrons. The number of ketones is 2. The summed E-state index contributed by atoms with van der Waals surface area (Å²) in [6, 6.07) is 3.36. The number of alkyl carbamates (subject to hydrolysis) is 1. The van der Waals surface area contributed by atoms with E-state index in [9.17, 15) is 29.1 Å². The van der Waals surface area contributed by atoms with E-state index in [0.717, 1.165) is 46.7 Å². The average molecular weight is 713 g/mol. The van der Waals surface area contributed by atoms with Crippen LogP contribution < -0.4 is 16.3 Å². The molecule has 3 N–H and O–H groups in total. The lowest BCUT2D eigenvalue weighted by atomic mass is 9.46. The fourth-order valence-corrected chi connectivity index (χ4v) is 10.8. The van der Waals surface area contributed by atoms with Crippen LogP contribution in [-0.4, -0.2) is 47.9 Å². The summed E-state index contributed by atoms with van der Waals surface area (Å²) in [5, 5.41) is 18.7. The van der Waals surface area contributed by atoms with E-state index >= 15 is 0 Å². The average Bonchev–Trinajstić information content (AvgIpc) is 3.54. The first kappa shape index (κ1) is 35.9. The zero-order valence-electron chi connectivity index (χ0n) is 30.7. The molecule has 3 fully saturated rings. The van der Waals surface area contributed by atoms with Crippen LogP contribution in [0.4, 0.5) is 4.79 Å². The minimum Gasteiger partial charge on any atom is -0.461 e. The van der Waals surface area contributed by atoms with Crippen molar-refractivity contribution in [3.05, 3.63) is 68.8 Å². The van der Waals surface area contributed by atoms with Crippen molar-refractivity contribution in [2.45, 2.75) is 86.3 Å². The molecule has 7 unspecified atom stereocenters. The Kier molecular flexibility index (Phi) is 9.08. The van der Waals surface area contributed by atoms with E-state index in [1.165, 1.54) is 6.07 Å². The summed E-state index contributed by atoms with van der Waals surface area (Å²) in [5.41, 5.74) is 3.25. The maximum atomic E-state index is 13.7. The van der Waals surface area contributed by atoms with E-state index in [1.54, 1.807) is 12.2 Å². The van der Waals surface area contributed by atoms with Gasteiger partial charge in [-0.2, -0.15) is 0 Å². The Morgan fingerprint density at radius 2 is 1.79 bits per heavy atom. The Morgan fingerprint density at radius 1 is 1.04 bits per heavy atom. The van der Waals surface area contributed by atoms with Gasteiger partial charge in [0.05, 0.1) is 6.10 Å². The zero-order valence-corrected chi connectivity index (χ0v) is 30.7. The van der Waals surface area contributed by atoms with Gasteiger partial charge in [-0.25, -0.2) is 9.59 Å². The SMILES string of the molecule is Cc1oc2c(C)c3oc(=O)cc(C)c3cc2c1CNC(=O)CCNC(=O)OCC(=O)C1[C@H](C)CC2C3CCC4=CC(=O)C=CC4(C)C3C(O)CC21C. The van der Waals surface area contributed by atoms with E-state index < -0.39 is 23.2 Å². The normalized spacial score (nSPS) is 30.8. The lowest BCUT2D eigenvalue weighted by molar-refractivity contribution is -0.142. The van der Waals surface area contributed by atoms with Gasteiger partial charge in [-0.15, -0.1) is 0 Å². The number of aliphatic hydroxyl groups is 1. The second-order valence-corrected chi connectivity index (χ2v) is 16.1. The molecule has 0 spiro atoms. The number of hydrogen-bond donors (Lipinski definition) is 3. The number of hydrogen-bond acceptors (Lipinski definition) is 9. The molecule has 0 aliphatic heterocycles. The van der Waals surface area contributed by atoms with Crippen LogP contribution in [0.15, 0.2) is 49.6 Å². The lowest BCUT2D eigenvalue weighted by Gasteiger charge is -2.58. The molecule has 7 rings (SSSR count). The van der Waals surface area contributed by atoms with Gasteiger partial charge < -0.3 is 29.3 Å². The first-order valence-electron chi connectivity index (χ1n) is 18.4. The molecule has 4 aliphatic rings. The van der Waals surface area contributed by atoms with Crippen LogP contribution in [0.2, 0.25) is 0 Å². The number of rotatable bonds is 8. The minimum atomic E-state index is -0.767. The van der Waals surface area contributed by atoms with Crippen molar-refractivity contribution in [3.63, 3.8) is 0 Å². The number of Topliss-reactive ketones (excluding diaryl/α,β-unsaturated/α-hetero) is 1. The molecule has 0 saturated heterocycles. The van der Waals surface area contributed by atoms with Gasteiger partial charge in [0.25, 0.3) is 0 Å². The number of fused-ring (bicyclic) bond motifs is 7. The topological polar surface area (TPSA) is 165 Å². The standard InChI is InChI=1S/C41H48N2O9/c1-20-14-34(48)52-37-22(3)38-28(16-27(20)37)29(23(4)51-38)18-43-33(47)10-12-42-39(49)50-19-32(46)35-21(2)13-30-26-8-7-24-15-25(44)9-11-40(24,5)36(26)31(45)17-41(30,35)6/h9,11,14-16,21,26,30-31,35-36,45H,7-8,10,12-13,17-19H2,1-6H3,(H,42,49)(H,43,47)/t21-,26?,30?,31?,35?,36?,40?,41?/m1/s1. The van der Waals surface area contributed by atoms with Crippen molar-refractivity contribution >= 4 is 45.5 Å². The van der Waals surface area contributed by atoms with E-state index in [-0.39, 0.29) is 78.6 Å². The maximum absolute atomic E-state index is 13.7. The third-order valence-corrected chi connectivity index (χ3v) is 13.0. The first-order valence-corrected chi connectivity index (χ1v) is 18.4. The molecule has 11 heteroatoms. The number of carbonyl (C=O) groups is 4. The molecule has 8 atom stereocenters. The van der Waals surface area contributed by atoms with Crippen molar-refractivity contribution < 1.29 is 37.9 Å². The summed E-state index contributed by atoms with van der Waals surface area (Å²) in [5.74, 6) is 0.361. The molecule has 0 radical (unpaired) electrons. The second kappa shape index (κ2) is 13.2. The summed E-state index contributed by atoms with van der Waals surface area (Å²) in [6.07, 6.45) is 6.99. The van der Waals surface area contributed by atoms with Crippen LogP contribution in [0.5, 0.6) is 0 Å². The molecule has 3 aromatic rings. The maximum Gasteiger partial charge on any atom is 0.407 e. The number of ether oxygens (including phenoxy) is 1. The van der Waals surface area contributed by atoms with Crippen LogP contribution in [0.1, 0.15) is 75.3 Å². The number of furan rings is 1. The highest BCUT2D eigenvalue weighted by Gasteiger charge is 2.64. The summed E-state index contributed by atoms with van der Waals surface area (Å²) < 4.78 is 16.8. The minimum absolute atomic E-state index is 0.00181. The molecule has 0 bridgehead atoms. The van der Waals surface area contributed by atoms with Crippen LogP contribution in [0, 0.1) is 61.2 Å². The van der Waals surface area contributed by atoms with Gasteiger partial charge in [0.1, 0.15) is 16.9 Å². The van der Waals surface area contributed by atoms with E-state index in [0.29, 0.717) is 28.9 Å². The highest BCUT2D eigenvalue weighted by Crippen LogP contribution is 2.67. The number of aryl methyl sites for hydroxylation is 3. The number of amides is 2. The van der Waals surface area contributed by atoms with E-state index in [2.05, 4.69) is 31.4 Å². The molecule has 1 aromatic carbocycles. The largest absolute Gasteiger partial charge is 0.461 e. The summed E-state index contributed by atoms with van der Waals surface area (Å²) >= 11 is 0. The third-order valence-electron chi connectivity index (χ3n) is 13.0. The predicted molar refractivity (Wildman–Crippen MR) is 193 cm³/mol. The number of carbonyl (C=O) groups excluding carboxylic acids is 4. The van der Waals surface area contributed by atoms with Crippen LogP contribution in [0.3, 0.4) is 0 Å². The first-order chi connectivity index (χ1) is 24.6. The van der Waals surface area contributed by atoms with Gasteiger partial charge in [0, 0.05) is 64.7 Å². The summed E-state index contributed by atoms with van der Waals surface area (Å²) in [4.78, 5) is 63.1. The predicted octanol–water partition coefficient (Wildman–Crippen LogP) is 5.91. The molecule has 11 nitrogen and oxygen atoms in total. The smallest absolute Gasteiger partial charge is 0.407 e. The van der Waals surface area contributed by atoms with Gasteiger partial charge in [0.15, 0.2) is 18.2 Å². The van der Waals surface area contributed by atoms with Gasteiger partial charge in [0.2, 0.25) is 5.91 Å². The Balaban J connectivity index is 0.916. The molecule has 4 aliphatic carbocycles. The Morgan fingerprint density at radius 3 is 2.56 bits per heavy atom. The van der Waals surface area contributed by atoms with Crippen molar-refractivity contribution in [3.8, 4) is 0 Å².